The summed E-state index contributed by atoms with van der Waals surface area (Å²) in [4.78, 5) is 17.4. The zero-order valence-corrected chi connectivity index (χ0v) is 18.6. The number of hydrogen-bond acceptors (Lipinski definition) is 4. The highest BCUT2D eigenvalue weighted by Crippen LogP contribution is 2.28. The average Bonchev–Trinajstić information content (AvgIpc) is 3.33. The number of ketones is 1. The van der Waals surface area contributed by atoms with Crippen molar-refractivity contribution in [2.45, 2.75) is 19.0 Å². The Morgan fingerprint density at radius 2 is 1.83 bits per heavy atom. The number of aryl methyl sites for hydroxylation is 1. The lowest BCUT2D eigenvalue weighted by Gasteiger charge is -2.11. The molecule has 0 fully saturated rings. The first-order valence-corrected chi connectivity index (χ1v) is 11.0. The molecule has 0 atom stereocenters. The number of thioether (sulfide) groups is 1. The van der Waals surface area contributed by atoms with Gasteiger partial charge in [-0.1, -0.05) is 65.3 Å². The van der Waals surface area contributed by atoms with E-state index in [1.807, 2.05) is 60.9 Å². The van der Waals surface area contributed by atoms with Crippen LogP contribution < -0.4 is 0 Å². The minimum atomic E-state index is 0.0190. The van der Waals surface area contributed by atoms with E-state index in [1.54, 1.807) is 12.1 Å². The number of Topliss-reactive ketones (excluding diaryl/α,β-unsaturated/α-hetero) is 1. The van der Waals surface area contributed by atoms with Gasteiger partial charge in [0, 0.05) is 28.2 Å². The first kappa shape index (κ1) is 20.7. The molecule has 4 rings (SSSR count). The summed E-state index contributed by atoms with van der Waals surface area (Å²) in [5.41, 5.74) is 4.30. The first-order valence-electron chi connectivity index (χ1n) is 9.22. The highest BCUT2D eigenvalue weighted by molar-refractivity contribution is 7.99. The number of nitrogens with zero attached hydrogens (tertiary/aromatic N) is 3. The van der Waals surface area contributed by atoms with Gasteiger partial charge in [0.25, 0.3) is 0 Å². The molecule has 0 saturated carbocycles. The summed E-state index contributed by atoms with van der Waals surface area (Å²) in [5.74, 6) is 0.950. The van der Waals surface area contributed by atoms with Crippen LogP contribution in [0, 0.1) is 13.8 Å². The predicted molar refractivity (Wildman–Crippen MR) is 122 cm³/mol. The maximum Gasteiger partial charge on any atom is 0.209 e. The molecule has 2 aromatic carbocycles. The molecular weight excluding hydrogens is 439 g/mol. The Kier molecular flexibility index (Phi) is 5.99. The number of aromatic amines is 1. The number of aromatic nitrogens is 4. The molecular formula is C22H18Cl2N4OS. The molecule has 8 heteroatoms. The molecule has 30 heavy (non-hydrogen) atoms. The van der Waals surface area contributed by atoms with Crippen molar-refractivity contribution in [3.8, 4) is 17.1 Å². The van der Waals surface area contributed by atoms with Gasteiger partial charge in [0.2, 0.25) is 5.16 Å². The van der Waals surface area contributed by atoms with Crippen LogP contribution in [0.1, 0.15) is 21.7 Å². The Morgan fingerprint density at radius 1 is 1.07 bits per heavy atom. The molecule has 5 nitrogen and oxygen atoms in total. The van der Waals surface area contributed by atoms with Gasteiger partial charge in [-0.3, -0.25) is 9.89 Å². The number of carbonyl (C=O) groups is 1. The predicted octanol–water partition coefficient (Wildman–Crippen LogP) is 6.16. The SMILES string of the molecule is Cc1cc(C(=O)CSc2n[nH]c(-c3ccccc3)n2)c(C)n1-c1ccc(Cl)c(Cl)c1. The molecule has 152 valence electrons. The van der Waals surface area contributed by atoms with Crippen molar-refractivity contribution in [2.24, 2.45) is 0 Å². The van der Waals surface area contributed by atoms with Crippen LogP contribution in [0.5, 0.6) is 0 Å². The minimum absolute atomic E-state index is 0.0190. The van der Waals surface area contributed by atoms with Crippen molar-refractivity contribution in [3.05, 3.63) is 81.6 Å². The topological polar surface area (TPSA) is 63.6 Å². The Labute approximate surface area is 188 Å². The van der Waals surface area contributed by atoms with Gasteiger partial charge in [-0.2, -0.15) is 0 Å². The van der Waals surface area contributed by atoms with E-state index in [0.717, 1.165) is 22.6 Å². The highest BCUT2D eigenvalue weighted by Gasteiger charge is 2.18. The van der Waals surface area contributed by atoms with Gasteiger partial charge in [-0.05, 0) is 38.1 Å². The zero-order valence-electron chi connectivity index (χ0n) is 16.3. The smallest absolute Gasteiger partial charge is 0.209 e. The second-order valence-electron chi connectivity index (χ2n) is 6.76. The summed E-state index contributed by atoms with van der Waals surface area (Å²) < 4.78 is 2.00. The largest absolute Gasteiger partial charge is 0.318 e. The summed E-state index contributed by atoms with van der Waals surface area (Å²) in [5, 5.41) is 8.65. The van der Waals surface area contributed by atoms with E-state index < -0.39 is 0 Å². The number of H-pyrrole nitrogens is 1. The van der Waals surface area contributed by atoms with Crippen LogP contribution in [-0.4, -0.2) is 31.3 Å². The van der Waals surface area contributed by atoms with E-state index in [2.05, 4.69) is 15.2 Å². The molecule has 2 heterocycles. The standard InChI is InChI=1S/C22H18Cl2N4OS/c1-13-10-17(14(2)28(13)16-8-9-18(23)19(24)11-16)20(29)12-30-22-25-21(26-27-22)15-6-4-3-5-7-15/h3-11H,12H2,1-2H3,(H,25,26,27). The Morgan fingerprint density at radius 3 is 2.57 bits per heavy atom. The second-order valence-corrected chi connectivity index (χ2v) is 8.52. The Balaban J connectivity index is 1.51. The molecule has 0 aliphatic rings. The molecule has 0 aliphatic heterocycles. The summed E-state index contributed by atoms with van der Waals surface area (Å²) in [6, 6.07) is 17.1. The van der Waals surface area contributed by atoms with Crippen LogP contribution in [0.25, 0.3) is 17.1 Å². The molecule has 0 amide bonds. The Hall–Kier alpha value is -2.54. The van der Waals surface area contributed by atoms with Gasteiger partial charge < -0.3 is 4.57 Å². The summed E-state index contributed by atoms with van der Waals surface area (Å²) in [6.07, 6.45) is 0. The number of hydrogen-bond donors (Lipinski definition) is 1. The molecule has 1 N–H and O–H groups in total. The normalized spacial score (nSPS) is 11.1. The number of nitrogens with one attached hydrogen (secondary N) is 1. The summed E-state index contributed by atoms with van der Waals surface area (Å²) in [6.45, 7) is 3.88. The molecule has 0 spiro atoms. The molecule has 4 aromatic rings. The van der Waals surface area contributed by atoms with E-state index in [-0.39, 0.29) is 11.5 Å². The maximum atomic E-state index is 12.9. The second kappa shape index (κ2) is 8.68. The van der Waals surface area contributed by atoms with Crippen LogP contribution in [0.3, 0.4) is 0 Å². The fourth-order valence-corrected chi connectivity index (χ4v) is 4.28. The number of halogens is 2. The van der Waals surface area contributed by atoms with Crippen molar-refractivity contribution in [1.82, 2.24) is 19.7 Å². The van der Waals surface area contributed by atoms with Gasteiger partial charge in [-0.15, -0.1) is 5.10 Å². The highest BCUT2D eigenvalue weighted by atomic mass is 35.5. The quantitative estimate of drug-likeness (QED) is 0.278. The van der Waals surface area contributed by atoms with E-state index in [1.165, 1.54) is 11.8 Å². The van der Waals surface area contributed by atoms with Crippen molar-refractivity contribution in [2.75, 3.05) is 5.75 Å². The number of carbonyl (C=O) groups excluding carboxylic acids is 1. The van der Waals surface area contributed by atoms with Gasteiger partial charge in [-0.25, -0.2) is 4.98 Å². The molecule has 0 unspecified atom stereocenters. The molecule has 0 saturated heterocycles. The average molecular weight is 457 g/mol. The van der Waals surface area contributed by atoms with Crippen molar-refractivity contribution < 1.29 is 4.79 Å². The monoisotopic (exact) mass is 456 g/mol. The lowest BCUT2D eigenvalue weighted by molar-refractivity contribution is 0.102. The molecule has 0 radical (unpaired) electrons. The van der Waals surface area contributed by atoms with Crippen LogP contribution in [-0.2, 0) is 0 Å². The van der Waals surface area contributed by atoms with Crippen molar-refractivity contribution >= 4 is 40.7 Å². The number of rotatable bonds is 6. The summed E-state index contributed by atoms with van der Waals surface area (Å²) >= 11 is 13.5. The van der Waals surface area contributed by atoms with Crippen molar-refractivity contribution in [1.29, 1.82) is 0 Å². The number of benzene rings is 2. The fourth-order valence-electron chi connectivity index (χ4n) is 3.31. The zero-order chi connectivity index (χ0) is 21.3. The third-order valence-corrected chi connectivity index (χ3v) is 6.32. The van der Waals surface area contributed by atoms with Gasteiger partial charge in [0.15, 0.2) is 11.6 Å². The van der Waals surface area contributed by atoms with Gasteiger partial charge in [0.05, 0.1) is 15.8 Å². The van der Waals surface area contributed by atoms with Crippen LogP contribution >= 0.6 is 35.0 Å². The molecule has 2 aromatic heterocycles. The van der Waals surface area contributed by atoms with Gasteiger partial charge in [0.1, 0.15) is 0 Å². The summed E-state index contributed by atoms with van der Waals surface area (Å²) in [7, 11) is 0. The minimum Gasteiger partial charge on any atom is -0.318 e. The Bertz CT molecular complexity index is 1220. The molecule has 0 bridgehead atoms. The van der Waals surface area contributed by atoms with E-state index in [4.69, 9.17) is 23.2 Å². The van der Waals surface area contributed by atoms with Crippen LogP contribution in [0.4, 0.5) is 0 Å². The van der Waals surface area contributed by atoms with E-state index in [9.17, 15) is 4.79 Å². The fraction of sp³-hybridized carbons (Fsp3) is 0.136. The maximum absolute atomic E-state index is 12.9. The third kappa shape index (κ3) is 4.17. The van der Waals surface area contributed by atoms with Crippen LogP contribution in [0.2, 0.25) is 10.0 Å². The lowest BCUT2D eigenvalue weighted by Crippen LogP contribution is -2.05. The molecule has 0 aliphatic carbocycles. The van der Waals surface area contributed by atoms with Crippen molar-refractivity contribution in [3.63, 3.8) is 0 Å². The van der Waals surface area contributed by atoms with E-state index in [0.29, 0.717) is 26.6 Å². The van der Waals surface area contributed by atoms with Crippen LogP contribution in [0.15, 0.2) is 59.8 Å². The van der Waals surface area contributed by atoms with E-state index >= 15 is 0 Å². The lowest BCUT2D eigenvalue weighted by atomic mass is 10.2. The first-order chi connectivity index (χ1) is 14.4. The third-order valence-electron chi connectivity index (χ3n) is 4.74. The van der Waals surface area contributed by atoms with Gasteiger partial charge >= 0.3 is 0 Å².